The van der Waals surface area contributed by atoms with Gasteiger partial charge in [0.25, 0.3) is 5.92 Å². The van der Waals surface area contributed by atoms with Crippen molar-refractivity contribution in [3.63, 3.8) is 0 Å². The minimum absolute atomic E-state index is 0.126. The van der Waals surface area contributed by atoms with Crippen molar-refractivity contribution >= 4 is 5.91 Å². The zero-order valence-electron chi connectivity index (χ0n) is 8.00. The molecule has 6 heteroatoms. The van der Waals surface area contributed by atoms with Gasteiger partial charge in [0.2, 0.25) is 5.91 Å². The second kappa shape index (κ2) is 4.18. The maximum atomic E-state index is 13.0. The zero-order valence-corrected chi connectivity index (χ0v) is 8.00. The number of hydrogen-bond donors (Lipinski definition) is 1. The summed E-state index contributed by atoms with van der Waals surface area (Å²) in [7, 11) is 1.42. The molecule has 1 rings (SSSR count). The van der Waals surface area contributed by atoms with Gasteiger partial charge in [0.15, 0.2) is 0 Å². The molecule has 1 fully saturated rings. The number of alkyl halides is 2. The first-order valence-electron chi connectivity index (χ1n) is 4.36. The highest BCUT2D eigenvalue weighted by Gasteiger charge is 2.46. The van der Waals surface area contributed by atoms with E-state index in [-0.39, 0.29) is 19.6 Å². The largest absolute Gasteiger partial charge is 0.383 e. The van der Waals surface area contributed by atoms with E-state index in [1.165, 1.54) is 7.11 Å². The minimum atomic E-state index is -2.81. The number of hydrogen-bond acceptors (Lipinski definition) is 3. The normalized spacial score (nSPS) is 25.4. The molecule has 0 aromatic rings. The van der Waals surface area contributed by atoms with Gasteiger partial charge >= 0.3 is 0 Å². The molecule has 1 atom stereocenters. The number of carbonyl (C=O) groups is 1. The Morgan fingerprint density at radius 3 is 2.86 bits per heavy atom. The lowest BCUT2D eigenvalue weighted by molar-refractivity contribution is -0.132. The third-order valence-electron chi connectivity index (χ3n) is 2.23. The first-order chi connectivity index (χ1) is 6.50. The summed E-state index contributed by atoms with van der Waals surface area (Å²) < 4.78 is 30.7. The Morgan fingerprint density at radius 1 is 1.71 bits per heavy atom. The summed E-state index contributed by atoms with van der Waals surface area (Å²) >= 11 is 0. The fourth-order valence-electron chi connectivity index (χ4n) is 1.65. The van der Waals surface area contributed by atoms with Gasteiger partial charge in [0.05, 0.1) is 25.7 Å². The van der Waals surface area contributed by atoms with Crippen LogP contribution in [0.25, 0.3) is 0 Å². The third-order valence-corrected chi connectivity index (χ3v) is 2.23. The van der Waals surface area contributed by atoms with Crippen molar-refractivity contribution in [1.29, 1.82) is 0 Å². The van der Waals surface area contributed by atoms with E-state index in [0.29, 0.717) is 0 Å². The number of amides is 1. The molecule has 0 spiro atoms. The van der Waals surface area contributed by atoms with Crippen LogP contribution in [0.15, 0.2) is 0 Å². The van der Waals surface area contributed by atoms with Crippen LogP contribution in [-0.2, 0) is 9.53 Å². The molecule has 4 nitrogen and oxygen atoms in total. The third kappa shape index (κ3) is 2.39. The van der Waals surface area contributed by atoms with Crippen LogP contribution in [0.1, 0.15) is 6.42 Å². The number of carbonyl (C=O) groups excluding carboxylic acids is 1. The second-order valence-electron chi connectivity index (χ2n) is 3.40. The molecular weight excluding hydrogens is 194 g/mol. The average molecular weight is 208 g/mol. The molecule has 0 aliphatic carbocycles. The number of halogens is 2. The molecule has 1 aliphatic heterocycles. The molecule has 1 saturated heterocycles. The van der Waals surface area contributed by atoms with Gasteiger partial charge in [-0.15, -0.1) is 0 Å². The van der Waals surface area contributed by atoms with E-state index in [9.17, 15) is 13.6 Å². The van der Waals surface area contributed by atoms with Gasteiger partial charge in [-0.25, -0.2) is 8.78 Å². The summed E-state index contributed by atoms with van der Waals surface area (Å²) in [6, 6.07) is -0.550. The Labute approximate surface area is 81.0 Å². The molecule has 82 valence electrons. The van der Waals surface area contributed by atoms with Crippen molar-refractivity contribution in [3.05, 3.63) is 0 Å². The quantitative estimate of drug-likeness (QED) is 0.700. The summed E-state index contributed by atoms with van der Waals surface area (Å²) in [4.78, 5) is 12.3. The molecule has 1 amide bonds. The van der Waals surface area contributed by atoms with Crippen molar-refractivity contribution in [3.8, 4) is 0 Å². The fourth-order valence-corrected chi connectivity index (χ4v) is 1.65. The van der Waals surface area contributed by atoms with Crippen molar-refractivity contribution in [2.45, 2.75) is 18.4 Å². The van der Waals surface area contributed by atoms with Crippen molar-refractivity contribution in [2.75, 3.05) is 26.8 Å². The number of nitrogens with two attached hydrogens (primary N) is 1. The highest BCUT2D eigenvalue weighted by atomic mass is 19.3. The molecule has 2 N–H and O–H groups in total. The van der Waals surface area contributed by atoms with Crippen LogP contribution in [0.3, 0.4) is 0 Å². The van der Waals surface area contributed by atoms with Crippen molar-refractivity contribution in [2.24, 2.45) is 5.73 Å². The van der Waals surface area contributed by atoms with Gasteiger partial charge in [0.1, 0.15) is 0 Å². The topological polar surface area (TPSA) is 55.6 Å². The maximum Gasteiger partial charge on any atom is 0.267 e. The lowest BCUT2D eigenvalue weighted by Gasteiger charge is -2.22. The summed E-state index contributed by atoms with van der Waals surface area (Å²) in [5.41, 5.74) is 5.12. The molecule has 0 radical (unpaired) electrons. The molecule has 1 heterocycles. The van der Waals surface area contributed by atoms with E-state index >= 15 is 0 Å². The van der Waals surface area contributed by atoms with E-state index < -0.39 is 24.4 Å². The number of nitrogens with zero attached hydrogens (tertiary/aromatic N) is 1. The summed E-state index contributed by atoms with van der Waals surface area (Å²) in [5.74, 6) is -3.27. The molecule has 0 bridgehead atoms. The van der Waals surface area contributed by atoms with Crippen LogP contribution in [0.4, 0.5) is 8.78 Å². The van der Waals surface area contributed by atoms with E-state index in [0.717, 1.165) is 4.90 Å². The van der Waals surface area contributed by atoms with Gasteiger partial charge in [-0.2, -0.15) is 0 Å². The van der Waals surface area contributed by atoms with E-state index in [2.05, 4.69) is 0 Å². The smallest absolute Gasteiger partial charge is 0.267 e. The average Bonchev–Trinajstić information content (AvgIpc) is 2.41. The highest BCUT2D eigenvalue weighted by molar-refractivity contribution is 5.78. The van der Waals surface area contributed by atoms with Gasteiger partial charge < -0.3 is 15.4 Å². The number of methoxy groups -OCH3 is 1. The standard InChI is InChI=1S/C8H14F2N2O2/c1-14-4-6-2-8(9,10)5-12(6)7(13)3-11/h6H,2-5,11H2,1H3/t6-/m0/s1. The molecule has 0 saturated carbocycles. The molecule has 14 heavy (non-hydrogen) atoms. The Bertz CT molecular complexity index is 223. The summed E-state index contributed by atoms with van der Waals surface area (Å²) in [6.45, 7) is -0.658. The summed E-state index contributed by atoms with van der Waals surface area (Å²) in [5, 5.41) is 0. The Kier molecular flexibility index (Phi) is 3.38. The van der Waals surface area contributed by atoms with Gasteiger partial charge in [-0.3, -0.25) is 4.79 Å². The lowest BCUT2D eigenvalue weighted by atomic mass is 10.2. The fraction of sp³-hybridized carbons (Fsp3) is 0.875. The predicted molar refractivity (Wildman–Crippen MR) is 46.0 cm³/mol. The van der Waals surface area contributed by atoms with Gasteiger partial charge in [0, 0.05) is 13.5 Å². The molecule has 0 aromatic heterocycles. The second-order valence-corrected chi connectivity index (χ2v) is 3.40. The molecule has 0 unspecified atom stereocenters. The Hall–Kier alpha value is -0.750. The van der Waals surface area contributed by atoms with Crippen LogP contribution in [0.2, 0.25) is 0 Å². The van der Waals surface area contributed by atoms with E-state index in [1.807, 2.05) is 0 Å². The molecular formula is C8H14F2N2O2. The van der Waals surface area contributed by atoms with Crippen LogP contribution in [0.5, 0.6) is 0 Å². The monoisotopic (exact) mass is 208 g/mol. The Morgan fingerprint density at radius 2 is 2.36 bits per heavy atom. The van der Waals surface area contributed by atoms with Crippen LogP contribution in [0, 0.1) is 0 Å². The van der Waals surface area contributed by atoms with Gasteiger partial charge in [-0.05, 0) is 0 Å². The lowest BCUT2D eigenvalue weighted by Crippen LogP contribution is -2.42. The molecule has 0 aromatic carbocycles. The summed E-state index contributed by atoms with van der Waals surface area (Å²) in [6.07, 6.45) is -0.341. The van der Waals surface area contributed by atoms with Crippen LogP contribution < -0.4 is 5.73 Å². The van der Waals surface area contributed by atoms with Crippen LogP contribution >= 0.6 is 0 Å². The van der Waals surface area contributed by atoms with Crippen molar-refractivity contribution in [1.82, 2.24) is 4.90 Å². The Balaban J connectivity index is 2.67. The first-order valence-corrected chi connectivity index (χ1v) is 4.36. The predicted octanol–water partition coefficient (Wildman–Crippen LogP) is -0.172. The minimum Gasteiger partial charge on any atom is -0.383 e. The number of likely N-dealkylation sites (tertiary alicyclic amines) is 1. The van der Waals surface area contributed by atoms with Crippen LogP contribution in [-0.4, -0.2) is 49.6 Å². The van der Waals surface area contributed by atoms with E-state index in [4.69, 9.17) is 10.5 Å². The van der Waals surface area contributed by atoms with Crippen molar-refractivity contribution < 1.29 is 18.3 Å². The van der Waals surface area contributed by atoms with E-state index in [1.54, 1.807) is 0 Å². The SMILES string of the molecule is COC[C@@H]1CC(F)(F)CN1C(=O)CN. The van der Waals surface area contributed by atoms with Gasteiger partial charge in [-0.1, -0.05) is 0 Å². The molecule has 1 aliphatic rings. The number of rotatable bonds is 3. The first kappa shape index (κ1) is 11.3. The maximum absolute atomic E-state index is 13.0. The highest BCUT2D eigenvalue weighted by Crippen LogP contribution is 2.31. The number of ether oxygens (including phenoxy) is 1. The zero-order chi connectivity index (χ0) is 10.8.